The van der Waals surface area contributed by atoms with Crippen LogP contribution in [0.25, 0.3) is 0 Å². The van der Waals surface area contributed by atoms with Crippen LogP contribution in [0.5, 0.6) is 0 Å². The van der Waals surface area contributed by atoms with Gasteiger partial charge >= 0.3 is 6.09 Å². The number of benzene rings is 1. The van der Waals surface area contributed by atoms with Crippen molar-refractivity contribution in [2.45, 2.75) is 19.4 Å². The molecule has 26 heavy (non-hydrogen) atoms. The highest BCUT2D eigenvalue weighted by Gasteiger charge is 2.24. The van der Waals surface area contributed by atoms with Gasteiger partial charge in [0.2, 0.25) is 0 Å². The van der Waals surface area contributed by atoms with Gasteiger partial charge in [0.05, 0.1) is 0 Å². The van der Waals surface area contributed by atoms with E-state index >= 15 is 0 Å². The molecule has 138 valence electrons. The molecule has 2 amide bonds. The van der Waals surface area contributed by atoms with Crippen molar-refractivity contribution < 1.29 is 14.3 Å². The molecule has 6 heteroatoms. The van der Waals surface area contributed by atoms with Gasteiger partial charge in [-0.3, -0.25) is 4.79 Å². The van der Waals surface area contributed by atoms with Crippen LogP contribution in [-0.4, -0.2) is 41.1 Å². The SMILES string of the molecule is Cn1cccc1C(=O)NCC1CCN(C(=O)OCc2ccccc2)CC1. The van der Waals surface area contributed by atoms with Crippen molar-refractivity contribution in [1.29, 1.82) is 0 Å². The number of rotatable bonds is 5. The topological polar surface area (TPSA) is 63.6 Å². The van der Waals surface area contributed by atoms with Crippen molar-refractivity contribution in [2.75, 3.05) is 19.6 Å². The summed E-state index contributed by atoms with van der Waals surface area (Å²) in [7, 11) is 1.86. The summed E-state index contributed by atoms with van der Waals surface area (Å²) < 4.78 is 7.18. The van der Waals surface area contributed by atoms with E-state index in [0.29, 0.717) is 37.9 Å². The normalized spacial score (nSPS) is 14.9. The number of carbonyl (C=O) groups is 2. The molecule has 6 nitrogen and oxygen atoms in total. The fourth-order valence-electron chi connectivity index (χ4n) is 3.15. The Morgan fingerprint density at radius 1 is 1.12 bits per heavy atom. The lowest BCUT2D eigenvalue weighted by Crippen LogP contribution is -2.41. The van der Waals surface area contributed by atoms with Gasteiger partial charge in [0.25, 0.3) is 5.91 Å². The summed E-state index contributed by atoms with van der Waals surface area (Å²) in [6.07, 6.45) is 3.33. The van der Waals surface area contributed by atoms with Gasteiger partial charge in [0.15, 0.2) is 0 Å². The first-order valence-electron chi connectivity index (χ1n) is 8.98. The van der Waals surface area contributed by atoms with E-state index in [0.717, 1.165) is 18.4 Å². The first-order valence-corrected chi connectivity index (χ1v) is 8.98. The summed E-state index contributed by atoms with van der Waals surface area (Å²) in [5.74, 6) is 0.333. The molecule has 0 radical (unpaired) electrons. The zero-order valence-electron chi connectivity index (χ0n) is 15.1. The van der Waals surface area contributed by atoms with Crippen LogP contribution in [0.1, 0.15) is 28.9 Å². The molecule has 0 spiro atoms. The van der Waals surface area contributed by atoms with Crippen LogP contribution in [0, 0.1) is 5.92 Å². The first-order chi connectivity index (χ1) is 12.6. The molecule has 1 aromatic carbocycles. The molecule has 0 aliphatic carbocycles. The molecule has 0 unspecified atom stereocenters. The van der Waals surface area contributed by atoms with Crippen LogP contribution in [0.4, 0.5) is 4.79 Å². The second-order valence-electron chi connectivity index (χ2n) is 6.68. The number of aryl methyl sites for hydroxylation is 1. The van der Waals surface area contributed by atoms with Crippen molar-refractivity contribution in [3.63, 3.8) is 0 Å². The highest BCUT2D eigenvalue weighted by Crippen LogP contribution is 2.17. The van der Waals surface area contributed by atoms with Gasteiger partial charge in [-0.2, -0.15) is 0 Å². The minimum absolute atomic E-state index is 0.0535. The van der Waals surface area contributed by atoms with Crippen LogP contribution in [-0.2, 0) is 18.4 Å². The van der Waals surface area contributed by atoms with Crippen molar-refractivity contribution in [3.8, 4) is 0 Å². The van der Waals surface area contributed by atoms with Crippen molar-refractivity contribution >= 4 is 12.0 Å². The summed E-state index contributed by atoms with van der Waals surface area (Å²) in [5.41, 5.74) is 1.64. The van der Waals surface area contributed by atoms with E-state index in [-0.39, 0.29) is 12.0 Å². The largest absolute Gasteiger partial charge is 0.445 e. The van der Waals surface area contributed by atoms with E-state index in [1.807, 2.05) is 49.6 Å². The van der Waals surface area contributed by atoms with Gasteiger partial charge in [-0.1, -0.05) is 30.3 Å². The van der Waals surface area contributed by atoms with E-state index in [9.17, 15) is 9.59 Å². The third-order valence-electron chi connectivity index (χ3n) is 4.81. The zero-order chi connectivity index (χ0) is 18.4. The Balaban J connectivity index is 1.38. The van der Waals surface area contributed by atoms with Gasteiger partial charge in [-0.05, 0) is 36.5 Å². The summed E-state index contributed by atoms with van der Waals surface area (Å²) >= 11 is 0. The zero-order valence-corrected chi connectivity index (χ0v) is 15.1. The Morgan fingerprint density at radius 3 is 2.50 bits per heavy atom. The first kappa shape index (κ1) is 18.0. The number of hydrogen-bond donors (Lipinski definition) is 1. The van der Waals surface area contributed by atoms with Crippen LogP contribution < -0.4 is 5.32 Å². The summed E-state index contributed by atoms with van der Waals surface area (Å²) in [6, 6.07) is 13.3. The smallest absolute Gasteiger partial charge is 0.410 e. The number of nitrogens with one attached hydrogen (secondary N) is 1. The van der Waals surface area contributed by atoms with E-state index in [1.165, 1.54) is 0 Å². The van der Waals surface area contributed by atoms with E-state index in [4.69, 9.17) is 4.74 Å². The fraction of sp³-hybridized carbons (Fsp3) is 0.400. The van der Waals surface area contributed by atoms with Crippen molar-refractivity contribution in [3.05, 3.63) is 59.9 Å². The average Bonchev–Trinajstić information content (AvgIpc) is 3.11. The van der Waals surface area contributed by atoms with Crippen LogP contribution in [0.2, 0.25) is 0 Å². The van der Waals surface area contributed by atoms with Crippen LogP contribution in [0.3, 0.4) is 0 Å². The molecule has 2 aromatic rings. The fourth-order valence-corrected chi connectivity index (χ4v) is 3.15. The highest BCUT2D eigenvalue weighted by molar-refractivity contribution is 5.92. The maximum atomic E-state index is 12.2. The van der Waals surface area contributed by atoms with E-state index in [2.05, 4.69) is 5.32 Å². The Bertz CT molecular complexity index is 734. The van der Waals surface area contributed by atoms with E-state index in [1.54, 1.807) is 15.5 Å². The number of hydrogen-bond acceptors (Lipinski definition) is 3. The van der Waals surface area contributed by atoms with E-state index < -0.39 is 0 Å². The van der Waals surface area contributed by atoms with Gasteiger partial charge < -0.3 is 19.5 Å². The number of amides is 2. The quantitative estimate of drug-likeness (QED) is 0.897. The number of carbonyl (C=O) groups excluding carboxylic acids is 2. The Hall–Kier alpha value is -2.76. The summed E-state index contributed by atoms with van der Waals surface area (Å²) in [5, 5.41) is 2.99. The predicted molar refractivity (Wildman–Crippen MR) is 98.7 cm³/mol. The summed E-state index contributed by atoms with van der Waals surface area (Å²) in [4.78, 5) is 26.1. The number of nitrogens with zero attached hydrogens (tertiary/aromatic N) is 2. The van der Waals surface area contributed by atoms with Crippen LogP contribution in [0.15, 0.2) is 48.7 Å². The van der Waals surface area contributed by atoms with Gasteiger partial charge in [0.1, 0.15) is 12.3 Å². The number of ether oxygens (including phenoxy) is 1. The maximum absolute atomic E-state index is 12.2. The molecule has 0 saturated carbocycles. The molecular formula is C20H25N3O3. The Morgan fingerprint density at radius 2 is 1.85 bits per heavy atom. The molecule has 1 aromatic heterocycles. The molecule has 3 rings (SSSR count). The Labute approximate surface area is 153 Å². The second kappa shape index (κ2) is 8.56. The summed E-state index contributed by atoms with van der Waals surface area (Å²) in [6.45, 7) is 2.26. The molecule has 1 saturated heterocycles. The van der Waals surface area contributed by atoms with Gasteiger partial charge in [-0.25, -0.2) is 4.79 Å². The highest BCUT2D eigenvalue weighted by atomic mass is 16.6. The minimum atomic E-state index is -0.264. The minimum Gasteiger partial charge on any atom is -0.445 e. The third-order valence-corrected chi connectivity index (χ3v) is 4.81. The molecule has 0 bridgehead atoms. The third kappa shape index (κ3) is 4.65. The standard InChI is InChI=1S/C20H25N3O3/c1-22-11-5-8-18(22)19(24)21-14-16-9-12-23(13-10-16)20(25)26-15-17-6-3-2-4-7-17/h2-8,11,16H,9-10,12-15H2,1H3,(H,21,24). The lowest BCUT2D eigenvalue weighted by Gasteiger charge is -2.31. The molecule has 1 N–H and O–H groups in total. The van der Waals surface area contributed by atoms with Crippen molar-refractivity contribution in [1.82, 2.24) is 14.8 Å². The molecule has 1 fully saturated rings. The number of piperidine rings is 1. The second-order valence-corrected chi connectivity index (χ2v) is 6.68. The lowest BCUT2D eigenvalue weighted by atomic mass is 9.97. The average molecular weight is 355 g/mol. The van der Waals surface area contributed by atoms with Gasteiger partial charge in [-0.15, -0.1) is 0 Å². The Kier molecular flexibility index (Phi) is 5.94. The van der Waals surface area contributed by atoms with Crippen molar-refractivity contribution in [2.24, 2.45) is 13.0 Å². The number of aromatic nitrogens is 1. The van der Waals surface area contributed by atoms with Gasteiger partial charge in [0, 0.05) is 32.9 Å². The molecule has 1 aliphatic rings. The lowest BCUT2D eigenvalue weighted by molar-refractivity contribution is 0.0799. The predicted octanol–water partition coefficient (Wildman–Crippen LogP) is 2.80. The molecule has 1 aliphatic heterocycles. The monoisotopic (exact) mass is 355 g/mol. The molecule has 2 heterocycles. The maximum Gasteiger partial charge on any atom is 0.410 e. The molecular weight excluding hydrogens is 330 g/mol. The number of likely N-dealkylation sites (tertiary alicyclic amines) is 1. The molecule has 0 atom stereocenters. The van der Waals surface area contributed by atoms with Crippen LogP contribution >= 0.6 is 0 Å².